The summed E-state index contributed by atoms with van der Waals surface area (Å²) < 4.78 is 17.9. The Bertz CT molecular complexity index is 1310. The lowest BCUT2D eigenvalue weighted by atomic mass is 9.88. The number of rotatable bonds is 8. The highest BCUT2D eigenvalue weighted by Gasteiger charge is 2.23. The Morgan fingerprint density at radius 3 is 2.58 bits per heavy atom. The van der Waals surface area contributed by atoms with Crippen molar-refractivity contribution in [3.63, 3.8) is 0 Å². The number of hydrogen-bond acceptors (Lipinski definition) is 6. The molecule has 190 valence electrons. The molecule has 0 saturated carbocycles. The van der Waals surface area contributed by atoms with E-state index in [9.17, 15) is 5.11 Å². The summed E-state index contributed by atoms with van der Waals surface area (Å²) in [4.78, 5) is 6.70. The van der Waals surface area contributed by atoms with E-state index >= 15 is 0 Å². The van der Waals surface area contributed by atoms with Crippen LogP contribution in [0.25, 0.3) is 22.6 Å². The quantitative estimate of drug-likeness (QED) is 0.307. The van der Waals surface area contributed by atoms with Crippen LogP contribution in [-0.2, 0) is 0 Å². The summed E-state index contributed by atoms with van der Waals surface area (Å²) in [6.45, 7) is 11.3. The molecule has 6 heteroatoms. The highest BCUT2D eigenvalue weighted by molar-refractivity contribution is 5.87. The third-order valence-corrected chi connectivity index (χ3v) is 7.31. The minimum atomic E-state index is -0.565. The predicted octanol–water partition coefficient (Wildman–Crippen LogP) is 6.45. The molecule has 5 rings (SSSR count). The lowest BCUT2D eigenvalue weighted by Gasteiger charge is -2.33. The molecule has 6 nitrogen and oxygen atoms in total. The van der Waals surface area contributed by atoms with Gasteiger partial charge in [0.1, 0.15) is 29.8 Å². The van der Waals surface area contributed by atoms with E-state index in [4.69, 9.17) is 13.6 Å². The van der Waals surface area contributed by atoms with Crippen LogP contribution in [0.3, 0.4) is 0 Å². The van der Waals surface area contributed by atoms with Crippen molar-refractivity contribution in [1.29, 1.82) is 0 Å². The molecule has 0 unspecified atom stereocenters. The van der Waals surface area contributed by atoms with Gasteiger partial charge >= 0.3 is 0 Å². The summed E-state index contributed by atoms with van der Waals surface area (Å²) in [5, 5.41) is 11.6. The first-order valence-electron chi connectivity index (χ1n) is 13.0. The molecule has 2 aromatic heterocycles. The number of aliphatic hydroxyl groups excluding tert-OH is 1. The van der Waals surface area contributed by atoms with Crippen LogP contribution in [0.15, 0.2) is 57.5 Å². The summed E-state index contributed by atoms with van der Waals surface area (Å²) in [6, 6.07) is 14.4. The Kier molecular flexibility index (Phi) is 7.17. The van der Waals surface area contributed by atoms with E-state index in [-0.39, 0.29) is 12.5 Å². The van der Waals surface area contributed by atoms with E-state index in [0.717, 1.165) is 37.1 Å². The Balaban J connectivity index is 1.16. The number of ether oxygens (including phenoxy) is 1. The molecule has 2 aromatic carbocycles. The fourth-order valence-corrected chi connectivity index (χ4v) is 4.94. The van der Waals surface area contributed by atoms with Crippen molar-refractivity contribution in [2.45, 2.75) is 58.5 Å². The summed E-state index contributed by atoms with van der Waals surface area (Å²) in [6.07, 6.45) is 3.41. The fourth-order valence-electron chi connectivity index (χ4n) is 4.94. The molecule has 36 heavy (non-hydrogen) atoms. The number of hydrogen-bond donors (Lipinski definition) is 1. The van der Waals surface area contributed by atoms with Crippen molar-refractivity contribution in [3.8, 4) is 17.4 Å². The SMILES string of the molecule is Cc1ccc(C2CCN(C[C@H](O)COc3cccc4oc(-c5ncc(C(C)C)o5)cc34)CC2)cc1C. The third kappa shape index (κ3) is 5.35. The molecule has 1 aliphatic rings. The number of aliphatic hydroxyl groups is 1. The van der Waals surface area contributed by atoms with Gasteiger partial charge in [-0.1, -0.05) is 38.1 Å². The van der Waals surface area contributed by atoms with Crippen LogP contribution in [0.1, 0.15) is 61.0 Å². The monoisotopic (exact) mass is 488 g/mol. The average molecular weight is 489 g/mol. The standard InChI is InChI=1S/C30H36N2O4/c1-19(2)29-16-31-30(36-29)28-15-25-26(6-5-7-27(25)35-28)34-18-24(33)17-32-12-10-22(11-13-32)23-9-8-20(3)21(4)14-23/h5-9,14-16,19,22,24,33H,10-13,17-18H2,1-4H3/t24-/m0/s1. The molecular weight excluding hydrogens is 452 g/mol. The topological polar surface area (TPSA) is 71.9 Å². The second kappa shape index (κ2) is 10.5. The number of oxazole rings is 1. The van der Waals surface area contributed by atoms with Gasteiger partial charge < -0.3 is 23.6 Å². The van der Waals surface area contributed by atoms with Gasteiger partial charge in [0.25, 0.3) is 5.89 Å². The van der Waals surface area contributed by atoms with Crippen molar-refractivity contribution in [2.75, 3.05) is 26.2 Å². The second-order valence-electron chi connectivity index (χ2n) is 10.4. The largest absolute Gasteiger partial charge is 0.490 e. The summed E-state index contributed by atoms with van der Waals surface area (Å²) in [7, 11) is 0. The van der Waals surface area contributed by atoms with Crippen molar-refractivity contribution < 1.29 is 18.7 Å². The van der Waals surface area contributed by atoms with Gasteiger partial charge in [0, 0.05) is 18.5 Å². The minimum absolute atomic E-state index is 0.229. The zero-order valence-corrected chi connectivity index (χ0v) is 21.7. The Hall–Kier alpha value is -3.09. The zero-order valence-electron chi connectivity index (χ0n) is 21.7. The molecule has 0 bridgehead atoms. The van der Waals surface area contributed by atoms with E-state index in [2.05, 4.69) is 55.8 Å². The fraction of sp³-hybridized carbons (Fsp3) is 0.433. The number of benzene rings is 2. The number of β-amino-alcohol motifs (C(OH)–C–C–N with tert-alkyl or cyclic N) is 1. The smallest absolute Gasteiger partial charge is 0.263 e. The maximum atomic E-state index is 10.7. The van der Waals surface area contributed by atoms with Crippen LogP contribution < -0.4 is 4.74 Å². The molecule has 4 aromatic rings. The minimum Gasteiger partial charge on any atom is -0.490 e. The van der Waals surface area contributed by atoms with Crippen molar-refractivity contribution in [1.82, 2.24) is 9.88 Å². The maximum absolute atomic E-state index is 10.7. The molecular formula is C30H36N2O4. The van der Waals surface area contributed by atoms with E-state index < -0.39 is 6.10 Å². The van der Waals surface area contributed by atoms with Crippen LogP contribution in [-0.4, -0.2) is 47.3 Å². The van der Waals surface area contributed by atoms with Crippen LogP contribution in [0.4, 0.5) is 0 Å². The molecule has 1 aliphatic heterocycles. The first-order valence-corrected chi connectivity index (χ1v) is 13.0. The van der Waals surface area contributed by atoms with Crippen molar-refractivity contribution >= 4 is 11.0 Å². The highest BCUT2D eigenvalue weighted by Crippen LogP contribution is 2.34. The van der Waals surface area contributed by atoms with Crippen LogP contribution >= 0.6 is 0 Å². The molecule has 3 heterocycles. The molecule has 0 spiro atoms. The van der Waals surface area contributed by atoms with Crippen molar-refractivity contribution in [3.05, 3.63) is 71.1 Å². The predicted molar refractivity (Wildman–Crippen MR) is 142 cm³/mol. The van der Waals surface area contributed by atoms with E-state index in [1.54, 1.807) is 6.20 Å². The Morgan fingerprint density at radius 2 is 1.86 bits per heavy atom. The molecule has 1 atom stereocenters. The Morgan fingerprint density at radius 1 is 1.06 bits per heavy atom. The van der Waals surface area contributed by atoms with E-state index in [0.29, 0.717) is 35.4 Å². The molecule has 0 radical (unpaired) electrons. The average Bonchev–Trinajstić information content (AvgIpc) is 3.53. The maximum Gasteiger partial charge on any atom is 0.263 e. The van der Waals surface area contributed by atoms with Gasteiger partial charge in [-0.3, -0.25) is 0 Å². The van der Waals surface area contributed by atoms with Crippen LogP contribution in [0, 0.1) is 13.8 Å². The lowest BCUT2D eigenvalue weighted by molar-refractivity contribution is 0.0599. The molecule has 1 saturated heterocycles. The molecule has 1 fully saturated rings. The van der Waals surface area contributed by atoms with Crippen molar-refractivity contribution in [2.24, 2.45) is 0 Å². The van der Waals surface area contributed by atoms with Gasteiger partial charge in [0.2, 0.25) is 0 Å². The van der Waals surface area contributed by atoms with Gasteiger partial charge in [-0.15, -0.1) is 0 Å². The second-order valence-corrected chi connectivity index (χ2v) is 10.4. The van der Waals surface area contributed by atoms with Gasteiger partial charge in [0.15, 0.2) is 5.76 Å². The molecule has 1 N–H and O–H groups in total. The van der Waals surface area contributed by atoms with Gasteiger partial charge in [-0.2, -0.15) is 0 Å². The van der Waals surface area contributed by atoms with Crippen LogP contribution in [0.2, 0.25) is 0 Å². The number of aromatic nitrogens is 1. The summed E-state index contributed by atoms with van der Waals surface area (Å²) in [5.74, 6) is 3.40. The number of nitrogens with zero attached hydrogens (tertiary/aromatic N) is 2. The Labute approximate surface area is 212 Å². The summed E-state index contributed by atoms with van der Waals surface area (Å²) in [5.41, 5.74) is 4.86. The third-order valence-electron chi connectivity index (χ3n) is 7.31. The summed E-state index contributed by atoms with van der Waals surface area (Å²) >= 11 is 0. The number of piperidine rings is 1. The van der Waals surface area contributed by atoms with Crippen LogP contribution in [0.5, 0.6) is 5.75 Å². The zero-order chi connectivity index (χ0) is 25.2. The van der Waals surface area contributed by atoms with Gasteiger partial charge in [0.05, 0.1) is 11.6 Å². The number of aryl methyl sites for hydroxylation is 2. The number of fused-ring (bicyclic) bond motifs is 1. The first kappa shape index (κ1) is 24.6. The normalized spacial score (nSPS) is 16.2. The highest BCUT2D eigenvalue weighted by atomic mass is 16.5. The lowest BCUT2D eigenvalue weighted by Crippen LogP contribution is -2.40. The van der Waals surface area contributed by atoms with E-state index in [1.165, 1.54) is 16.7 Å². The van der Waals surface area contributed by atoms with Gasteiger partial charge in [-0.25, -0.2) is 4.98 Å². The van der Waals surface area contributed by atoms with Gasteiger partial charge in [-0.05, 0) is 74.5 Å². The molecule has 0 aliphatic carbocycles. The van der Waals surface area contributed by atoms with E-state index in [1.807, 2.05) is 24.3 Å². The molecule has 0 amide bonds. The first-order chi connectivity index (χ1) is 17.4. The number of likely N-dealkylation sites (tertiary alicyclic amines) is 1. The number of furan rings is 1.